The van der Waals surface area contributed by atoms with Crippen molar-refractivity contribution in [3.63, 3.8) is 0 Å². The van der Waals surface area contributed by atoms with Crippen LogP contribution in [-0.4, -0.2) is 31.2 Å². The molecule has 1 atom stereocenters. The number of hydrogen-bond donors (Lipinski definition) is 1. The number of sulfonamides is 1. The molecule has 0 unspecified atom stereocenters. The molecule has 0 aliphatic heterocycles. The van der Waals surface area contributed by atoms with E-state index in [0.29, 0.717) is 28.5 Å². The highest BCUT2D eigenvalue weighted by Gasteiger charge is 2.30. The number of benzene rings is 2. The highest BCUT2D eigenvalue weighted by molar-refractivity contribution is 7.92. The van der Waals surface area contributed by atoms with Crippen molar-refractivity contribution in [1.29, 1.82) is 0 Å². The van der Waals surface area contributed by atoms with Gasteiger partial charge in [0.25, 0.3) is 0 Å². The molecule has 0 aliphatic carbocycles. The lowest BCUT2D eigenvalue weighted by Crippen LogP contribution is -2.45. The monoisotopic (exact) mass is 467 g/mol. The molecule has 1 heterocycles. The minimum atomic E-state index is -3.76. The van der Waals surface area contributed by atoms with Crippen LogP contribution in [0.25, 0.3) is 10.2 Å². The van der Waals surface area contributed by atoms with Gasteiger partial charge in [0.05, 0.1) is 22.2 Å². The number of aromatic nitrogens is 1. The Labute approximate surface area is 183 Å². The Bertz CT molecular complexity index is 1280. The lowest BCUT2D eigenvalue weighted by molar-refractivity contribution is -0.116. The molecule has 0 saturated carbocycles. The van der Waals surface area contributed by atoms with E-state index in [2.05, 4.69) is 5.32 Å². The maximum absolute atomic E-state index is 12.9. The summed E-state index contributed by atoms with van der Waals surface area (Å²) in [5.41, 5.74) is 2.31. The second kappa shape index (κ2) is 8.41. The molecule has 3 aromatic rings. The molecular weight excluding hydrogens is 446 g/mol. The van der Waals surface area contributed by atoms with Gasteiger partial charge >= 0.3 is 4.87 Å². The normalized spacial score (nSPS) is 12.7. The van der Waals surface area contributed by atoms with Crippen LogP contribution in [0.5, 0.6) is 0 Å². The van der Waals surface area contributed by atoms with Gasteiger partial charge in [-0.1, -0.05) is 29.0 Å². The molecule has 7 nitrogen and oxygen atoms in total. The first kappa shape index (κ1) is 22.3. The van der Waals surface area contributed by atoms with Gasteiger partial charge < -0.3 is 5.32 Å². The van der Waals surface area contributed by atoms with Crippen LogP contribution in [0, 0.1) is 6.92 Å². The highest BCUT2D eigenvalue weighted by Crippen LogP contribution is 2.29. The van der Waals surface area contributed by atoms with E-state index in [-0.39, 0.29) is 4.87 Å². The second-order valence-electron chi connectivity index (χ2n) is 6.95. The first-order valence-corrected chi connectivity index (χ1v) is 12.3. The fourth-order valence-corrected chi connectivity index (χ4v) is 5.68. The van der Waals surface area contributed by atoms with Crippen molar-refractivity contribution < 1.29 is 13.2 Å². The van der Waals surface area contributed by atoms with Crippen molar-refractivity contribution in [3.8, 4) is 0 Å². The van der Waals surface area contributed by atoms with Crippen LogP contribution >= 0.6 is 22.9 Å². The van der Waals surface area contributed by atoms with Crippen LogP contribution in [0.2, 0.25) is 5.02 Å². The summed E-state index contributed by atoms with van der Waals surface area (Å²) in [4.78, 5) is 24.9. The second-order valence-corrected chi connectivity index (χ2v) is 10.2. The highest BCUT2D eigenvalue weighted by atomic mass is 35.5. The third-order valence-corrected chi connectivity index (χ3v) is 7.15. The van der Waals surface area contributed by atoms with Crippen molar-refractivity contribution in [2.24, 2.45) is 0 Å². The van der Waals surface area contributed by atoms with Gasteiger partial charge in [-0.05, 0) is 56.7 Å². The first-order valence-electron chi connectivity index (χ1n) is 9.22. The van der Waals surface area contributed by atoms with Crippen LogP contribution in [0.15, 0.2) is 41.2 Å². The first-order chi connectivity index (χ1) is 14.0. The number of nitrogens with one attached hydrogen (secondary N) is 1. The van der Waals surface area contributed by atoms with E-state index in [0.717, 1.165) is 32.1 Å². The number of anilines is 2. The minimum Gasteiger partial charge on any atom is -0.324 e. The number of thiazole rings is 1. The number of halogens is 1. The standard InChI is InChI=1S/C20H22ClN3O4S2/c1-5-23-16-9-8-15(11-18(16)29-20(23)26)22-19(25)13(3)24(30(4,27)28)17-10-14(21)7-6-12(17)2/h6-11,13H,5H2,1-4H3,(H,22,25)/t13-/m0/s1. The number of fused-ring (bicyclic) bond motifs is 1. The molecule has 0 spiro atoms. The Balaban J connectivity index is 1.93. The number of hydrogen-bond acceptors (Lipinski definition) is 5. The molecule has 0 saturated heterocycles. The molecular formula is C20H22ClN3O4S2. The molecule has 1 N–H and O–H groups in total. The number of carbonyl (C=O) groups excluding carboxylic acids is 1. The molecule has 1 aromatic heterocycles. The largest absolute Gasteiger partial charge is 0.324 e. The zero-order valence-electron chi connectivity index (χ0n) is 17.0. The van der Waals surface area contributed by atoms with Crippen molar-refractivity contribution in [3.05, 3.63) is 56.7 Å². The van der Waals surface area contributed by atoms with E-state index in [1.54, 1.807) is 41.8 Å². The molecule has 1 amide bonds. The number of rotatable bonds is 6. The quantitative estimate of drug-likeness (QED) is 0.596. The lowest BCUT2D eigenvalue weighted by Gasteiger charge is -2.29. The predicted octanol–water partition coefficient (Wildman–Crippen LogP) is 3.84. The third-order valence-electron chi connectivity index (χ3n) is 4.75. The van der Waals surface area contributed by atoms with Crippen LogP contribution in [-0.2, 0) is 21.4 Å². The van der Waals surface area contributed by atoms with Gasteiger partial charge in [-0.15, -0.1) is 0 Å². The zero-order chi connectivity index (χ0) is 22.2. The Morgan fingerprint density at radius 1 is 1.27 bits per heavy atom. The zero-order valence-corrected chi connectivity index (χ0v) is 19.4. The number of aryl methyl sites for hydroxylation is 2. The van der Waals surface area contributed by atoms with Gasteiger partial charge in [0.15, 0.2) is 0 Å². The number of amides is 1. The summed E-state index contributed by atoms with van der Waals surface area (Å²) in [5.74, 6) is -0.499. The fraction of sp³-hybridized carbons (Fsp3) is 0.300. The molecule has 30 heavy (non-hydrogen) atoms. The topological polar surface area (TPSA) is 88.5 Å². The lowest BCUT2D eigenvalue weighted by atomic mass is 10.1. The van der Waals surface area contributed by atoms with E-state index in [1.807, 2.05) is 6.92 Å². The molecule has 0 radical (unpaired) electrons. The van der Waals surface area contributed by atoms with Crippen molar-refractivity contribution in [1.82, 2.24) is 4.57 Å². The molecule has 3 rings (SSSR count). The third kappa shape index (κ3) is 4.38. The van der Waals surface area contributed by atoms with Gasteiger partial charge in [0, 0.05) is 17.3 Å². The summed E-state index contributed by atoms with van der Waals surface area (Å²) in [6, 6.07) is 9.05. The Morgan fingerprint density at radius 3 is 2.60 bits per heavy atom. The van der Waals surface area contributed by atoms with E-state index in [9.17, 15) is 18.0 Å². The van der Waals surface area contributed by atoms with Gasteiger partial charge in [-0.2, -0.15) is 0 Å². The Kier molecular flexibility index (Phi) is 6.26. The van der Waals surface area contributed by atoms with Crippen molar-refractivity contribution in [2.75, 3.05) is 15.9 Å². The minimum absolute atomic E-state index is 0.0657. The van der Waals surface area contributed by atoms with Gasteiger partial charge in [0.1, 0.15) is 6.04 Å². The maximum Gasteiger partial charge on any atom is 0.308 e. The van der Waals surface area contributed by atoms with Gasteiger partial charge in [-0.3, -0.25) is 18.5 Å². The predicted molar refractivity (Wildman–Crippen MR) is 123 cm³/mol. The summed E-state index contributed by atoms with van der Waals surface area (Å²) < 4.78 is 28.5. The maximum atomic E-state index is 12.9. The number of carbonyl (C=O) groups is 1. The van der Waals surface area contributed by atoms with E-state index in [1.165, 1.54) is 13.0 Å². The molecule has 0 aliphatic rings. The van der Waals surface area contributed by atoms with Crippen LogP contribution < -0.4 is 14.5 Å². The van der Waals surface area contributed by atoms with E-state index < -0.39 is 22.0 Å². The van der Waals surface area contributed by atoms with Gasteiger partial charge in [0.2, 0.25) is 15.9 Å². The Morgan fingerprint density at radius 2 is 1.97 bits per heavy atom. The molecule has 2 aromatic carbocycles. The summed E-state index contributed by atoms with van der Waals surface area (Å²) in [7, 11) is -3.76. The molecule has 160 valence electrons. The smallest absolute Gasteiger partial charge is 0.308 e. The average Bonchev–Trinajstić information content (AvgIpc) is 2.97. The molecule has 0 fully saturated rings. The van der Waals surface area contributed by atoms with Crippen molar-refractivity contribution >= 4 is 60.5 Å². The number of nitrogens with zero attached hydrogens (tertiary/aromatic N) is 2. The molecule has 10 heteroatoms. The summed E-state index contributed by atoms with van der Waals surface area (Å²) in [5, 5.41) is 3.13. The van der Waals surface area contributed by atoms with Crippen molar-refractivity contribution in [2.45, 2.75) is 33.4 Å². The summed E-state index contributed by atoms with van der Waals surface area (Å²) >= 11 is 7.16. The van der Waals surface area contributed by atoms with Crippen LogP contribution in [0.1, 0.15) is 19.4 Å². The SMILES string of the molecule is CCn1c(=O)sc2cc(NC(=O)[C@H](C)N(c3cc(Cl)ccc3C)S(C)(=O)=O)ccc21. The Hall–Kier alpha value is -2.36. The van der Waals surface area contributed by atoms with Crippen LogP contribution in [0.4, 0.5) is 11.4 Å². The van der Waals surface area contributed by atoms with Crippen LogP contribution in [0.3, 0.4) is 0 Å². The average molecular weight is 468 g/mol. The van der Waals surface area contributed by atoms with E-state index >= 15 is 0 Å². The van der Waals surface area contributed by atoms with Gasteiger partial charge in [-0.25, -0.2) is 8.42 Å². The fourth-order valence-electron chi connectivity index (χ4n) is 3.29. The summed E-state index contributed by atoms with van der Waals surface area (Å²) in [6.07, 6.45) is 1.05. The molecule has 0 bridgehead atoms. The van der Waals surface area contributed by atoms with E-state index in [4.69, 9.17) is 11.6 Å². The summed E-state index contributed by atoms with van der Waals surface area (Å²) in [6.45, 7) is 5.72.